The van der Waals surface area contributed by atoms with E-state index in [1.807, 2.05) is 19.2 Å². The summed E-state index contributed by atoms with van der Waals surface area (Å²) >= 11 is 6.34. The molecule has 0 amide bonds. The van der Waals surface area contributed by atoms with Gasteiger partial charge in [0.05, 0.1) is 18.2 Å². The first-order valence-corrected chi connectivity index (χ1v) is 9.98. The molecule has 0 radical (unpaired) electrons. The van der Waals surface area contributed by atoms with E-state index in [1.54, 1.807) is 0 Å². The molecule has 7 nitrogen and oxygen atoms in total. The first kappa shape index (κ1) is 21.7. The van der Waals surface area contributed by atoms with Crippen molar-refractivity contribution < 1.29 is 14.2 Å². The average Bonchev–Trinajstić information content (AvgIpc) is 3.19. The van der Waals surface area contributed by atoms with Crippen LogP contribution in [0.3, 0.4) is 0 Å². The lowest BCUT2D eigenvalue weighted by Crippen LogP contribution is -2.46. The second-order valence-electron chi connectivity index (χ2n) is 7.04. The zero-order chi connectivity index (χ0) is 18.6. The van der Waals surface area contributed by atoms with Crippen LogP contribution in [0.5, 0.6) is 11.5 Å². The maximum absolute atomic E-state index is 6.34. The van der Waals surface area contributed by atoms with E-state index in [1.165, 1.54) is 0 Å². The van der Waals surface area contributed by atoms with Crippen LogP contribution in [0.15, 0.2) is 17.1 Å². The van der Waals surface area contributed by atoms with Gasteiger partial charge in [-0.15, -0.1) is 24.0 Å². The number of likely N-dealkylation sites (tertiary alicyclic amines) is 1. The summed E-state index contributed by atoms with van der Waals surface area (Å²) in [7, 11) is 1.83. The van der Waals surface area contributed by atoms with Crippen molar-refractivity contribution in [1.82, 2.24) is 15.1 Å². The Hall–Kier alpha value is -0.970. The molecule has 0 spiro atoms. The van der Waals surface area contributed by atoms with Crippen molar-refractivity contribution in [3.05, 3.63) is 22.7 Å². The molecule has 2 saturated heterocycles. The number of hydrogen-bond acceptors (Lipinski definition) is 5. The molecule has 1 unspecified atom stereocenters. The summed E-state index contributed by atoms with van der Waals surface area (Å²) in [6.07, 6.45) is 1.16. The molecule has 1 aromatic carbocycles. The summed E-state index contributed by atoms with van der Waals surface area (Å²) in [6, 6.07) is 4.49. The molecule has 1 N–H and O–H groups in total. The minimum absolute atomic E-state index is 0. The molecule has 3 aliphatic rings. The van der Waals surface area contributed by atoms with Crippen LogP contribution in [0.4, 0.5) is 0 Å². The van der Waals surface area contributed by atoms with Crippen molar-refractivity contribution in [1.29, 1.82) is 0 Å². The zero-order valence-electron chi connectivity index (χ0n) is 16.2. The van der Waals surface area contributed by atoms with Gasteiger partial charge in [-0.05, 0) is 24.1 Å². The molecule has 0 aromatic heterocycles. The van der Waals surface area contributed by atoms with Crippen LogP contribution < -0.4 is 14.8 Å². The summed E-state index contributed by atoms with van der Waals surface area (Å²) in [5.41, 5.74) is 1.05. The van der Waals surface area contributed by atoms with E-state index in [0.29, 0.717) is 42.3 Å². The Morgan fingerprint density at radius 2 is 1.96 bits per heavy atom. The maximum atomic E-state index is 6.34. The highest BCUT2D eigenvalue weighted by Crippen LogP contribution is 2.38. The van der Waals surface area contributed by atoms with Crippen molar-refractivity contribution in [3.63, 3.8) is 0 Å². The number of aliphatic imine (C=N–C) groups is 1. The van der Waals surface area contributed by atoms with E-state index in [9.17, 15) is 0 Å². The Bertz CT molecular complexity index is 700. The molecule has 156 valence electrons. The number of rotatable bonds is 3. The van der Waals surface area contributed by atoms with Crippen LogP contribution in [-0.4, -0.2) is 81.5 Å². The van der Waals surface area contributed by atoms with Gasteiger partial charge in [0, 0.05) is 45.8 Å². The van der Waals surface area contributed by atoms with Gasteiger partial charge in [-0.1, -0.05) is 11.6 Å². The van der Waals surface area contributed by atoms with E-state index in [2.05, 4.69) is 20.1 Å². The highest BCUT2D eigenvalue weighted by atomic mass is 127. The Labute approximate surface area is 188 Å². The van der Waals surface area contributed by atoms with E-state index in [4.69, 9.17) is 25.8 Å². The number of fused-ring (bicyclic) bond motifs is 1. The normalized spacial score (nSPS) is 22.7. The first-order valence-electron chi connectivity index (χ1n) is 9.60. The molecule has 3 heterocycles. The summed E-state index contributed by atoms with van der Waals surface area (Å²) in [5.74, 6) is 2.29. The minimum atomic E-state index is 0. The van der Waals surface area contributed by atoms with Crippen LogP contribution in [0.2, 0.25) is 5.02 Å². The van der Waals surface area contributed by atoms with Gasteiger partial charge < -0.3 is 24.4 Å². The van der Waals surface area contributed by atoms with Crippen molar-refractivity contribution >= 4 is 41.5 Å². The van der Waals surface area contributed by atoms with Gasteiger partial charge in [0.2, 0.25) is 0 Å². The lowest BCUT2D eigenvalue weighted by Gasteiger charge is -2.32. The largest absolute Gasteiger partial charge is 0.486 e. The molecule has 0 bridgehead atoms. The van der Waals surface area contributed by atoms with Gasteiger partial charge >= 0.3 is 0 Å². The second-order valence-corrected chi connectivity index (χ2v) is 7.45. The molecule has 0 saturated carbocycles. The Kier molecular flexibility index (Phi) is 7.90. The van der Waals surface area contributed by atoms with E-state index in [0.717, 1.165) is 57.3 Å². The first-order chi connectivity index (χ1) is 13.2. The highest BCUT2D eigenvalue weighted by Gasteiger charge is 2.30. The predicted octanol–water partition coefficient (Wildman–Crippen LogP) is 2.21. The van der Waals surface area contributed by atoms with Crippen molar-refractivity contribution in [3.8, 4) is 11.5 Å². The highest BCUT2D eigenvalue weighted by molar-refractivity contribution is 14.0. The Morgan fingerprint density at radius 1 is 1.18 bits per heavy atom. The van der Waals surface area contributed by atoms with Gasteiger partial charge in [-0.25, -0.2) is 0 Å². The maximum Gasteiger partial charge on any atom is 0.193 e. The molecular formula is C19H28ClIN4O3. The minimum Gasteiger partial charge on any atom is -0.486 e. The number of nitrogens with one attached hydrogen (secondary N) is 1. The summed E-state index contributed by atoms with van der Waals surface area (Å²) in [5, 5.41) is 4.05. The number of ether oxygens (including phenoxy) is 3. The summed E-state index contributed by atoms with van der Waals surface area (Å²) in [6.45, 7) is 7.49. The number of benzene rings is 1. The van der Waals surface area contributed by atoms with Crippen LogP contribution in [0.1, 0.15) is 12.0 Å². The van der Waals surface area contributed by atoms with Crippen LogP contribution in [-0.2, 0) is 11.3 Å². The molecule has 2 fully saturated rings. The van der Waals surface area contributed by atoms with E-state index in [-0.39, 0.29) is 24.0 Å². The zero-order valence-corrected chi connectivity index (χ0v) is 19.2. The van der Waals surface area contributed by atoms with Crippen molar-refractivity contribution in [2.75, 3.05) is 59.7 Å². The molecule has 1 aromatic rings. The average molecular weight is 523 g/mol. The van der Waals surface area contributed by atoms with Crippen LogP contribution in [0, 0.1) is 0 Å². The Morgan fingerprint density at radius 3 is 2.75 bits per heavy atom. The number of halogens is 2. The summed E-state index contributed by atoms with van der Waals surface area (Å²) < 4.78 is 16.7. The molecule has 4 rings (SSSR count). The smallest absolute Gasteiger partial charge is 0.193 e. The number of morpholine rings is 1. The number of nitrogens with zero attached hydrogens (tertiary/aromatic N) is 3. The van der Waals surface area contributed by atoms with E-state index < -0.39 is 0 Å². The topological polar surface area (TPSA) is 58.6 Å². The molecule has 28 heavy (non-hydrogen) atoms. The third kappa shape index (κ3) is 4.95. The third-order valence-corrected chi connectivity index (χ3v) is 5.62. The van der Waals surface area contributed by atoms with Gasteiger partial charge in [0.15, 0.2) is 17.5 Å². The fraction of sp³-hybridized carbons (Fsp3) is 0.632. The Balaban J connectivity index is 0.00000225. The molecule has 0 aliphatic carbocycles. The monoisotopic (exact) mass is 522 g/mol. The summed E-state index contributed by atoms with van der Waals surface area (Å²) in [4.78, 5) is 9.35. The van der Waals surface area contributed by atoms with Gasteiger partial charge in [0.25, 0.3) is 0 Å². The molecule has 1 atom stereocenters. The number of hydrogen-bond donors (Lipinski definition) is 1. The fourth-order valence-corrected chi connectivity index (χ4v) is 4.24. The quantitative estimate of drug-likeness (QED) is 0.373. The van der Waals surface area contributed by atoms with Crippen LogP contribution in [0.25, 0.3) is 0 Å². The van der Waals surface area contributed by atoms with Crippen molar-refractivity contribution in [2.24, 2.45) is 4.99 Å². The molecular weight excluding hydrogens is 495 g/mol. The standard InChI is InChI=1S/C19H27ClN4O3.HI/c1-21-19(24-3-2-15(13-24)23-4-6-25-7-5-23)22-12-14-10-16(20)18-17(11-14)26-8-9-27-18;/h10-11,15H,2-9,12-13H2,1H3,(H,21,22);1H. The fourth-order valence-electron chi connectivity index (χ4n) is 3.95. The van der Waals surface area contributed by atoms with Gasteiger partial charge in [-0.2, -0.15) is 0 Å². The SMILES string of the molecule is CN=C(NCc1cc(Cl)c2c(c1)OCCO2)N1CCC(N2CCOCC2)C1.I. The number of guanidine groups is 1. The molecule has 9 heteroatoms. The van der Waals surface area contributed by atoms with Crippen molar-refractivity contribution in [2.45, 2.75) is 19.0 Å². The predicted molar refractivity (Wildman–Crippen MR) is 120 cm³/mol. The van der Waals surface area contributed by atoms with Crippen LogP contribution >= 0.6 is 35.6 Å². The van der Waals surface area contributed by atoms with E-state index >= 15 is 0 Å². The second kappa shape index (κ2) is 10.2. The van der Waals surface area contributed by atoms with Gasteiger partial charge in [-0.3, -0.25) is 9.89 Å². The lowest BCUT2D eigenvalue weighted by molar-refractivity contribution is 0.0195. The third-order valence-electron chi connectivity index (χ3n) is 5.34. The molecule has 3 aliphatic heterocycles. The van der Waals surface area contributed by atoms with Gasteiger partial charge in [0.1, 0.15) is 13.2 Å². The lowest BCUT2D eigenvalue weighted by atomic mass is 10.2.